The Labute approximate surface area is 128 Å². The van der Waals surface area contributed by atoms with Crippen LogP contribution in [0.25, 0.3) is 11.0 Å². The molecule has 1 N–H and O–H groups in total. The molecule has 21 heavy (non-hydrogen) atoms. The van der Waals surface area contributed by atoms with Gasteiger partial charge < -0.3 is 19.2 Å². The van der Waals surface area contributed by atoms with Crippen molar-refractivity contribution < 1.29 is 9.13 Å². The normalized spacial score (nSPS) is 20.0. The lowest BCUT2D eigenvalue weighted by atomic mass is 10.0. The van der Waals surface area contributed by atoms with E-state index in [0.29, 0.717) is 10.8 Å². The van der Waals surface area contributed by atoms with Crippen molar-refractivity contribution in [2.24, 2.45) is 0 Å². The lowest BCUT2D eigenvalue weighted by molar-refractivity contribution is 0.168. The van der Waals surface area contributed by atoms with Crippen molar-refractivity contribution >= 4 is 23.3 Å². The Morgan fingerprint density at radius 1 is 1.43 bits per heavy atom. The fourth-order valence-electron chi connectivity index (χ4n) is 3.08. The minimum absolute atomic E-state index is 0.252. The lowest BCUT2D eigenvalue weighted by Crippen LogP contribution is -2.39. The quantitative estimate of drug-likeness (QED) is 0.883. The Morgan fingerprint density at radius 3 is 2.95 bits per heavy atom. The lowest BCUT2D eigenvalue weighted by Gasteiger charge is -2.32. The van der Waals surface area contributed by atoms with Crippen LogP contribution in [-0.2, 0) is 6.54 Å². The number of H-pyrrole nitrogens is 1. The van der Waals surface area contributed by atoms with Gasteiger partial charge in [0.05, 0.1) is 18.1 Å². The number of nitrogens with zero attached hydrogens (tertiary/aromatic N) is 2. The number of rotatable bonds is 3. The molecule has 0 amide bonds. The third kappa shape index (κ3) is 2.70. The summed E-state index contributed by atoms with van der Waals surface area (Å²) >= 11 is 5.41. The van der Waals surface area contributed by atoms with Crippen molar-refractivity contribution in [1.29, 1.82) is 0 Å². The van der Waals surface area contributed by atoms with Gasteiger partial charge in [0.25, 0.3) is 0 Å². The second kappa shape index (κ2) is 5.77. The molecule has 1 fully saturated rings. The van der Waals surface area contributed by atoms with Gasteiger partial charge >= 0.3 is 0 Å². The summed E-state index contributed by atoms with van der Waals surface area (Å²) in [6.45, 7) is 1.95. The van der Waals surface area contributed by atoms with E-state index in [4.69, 9.17) is 17.0 Å². The van der Waals surface area contributed by atoms with Crippen LogP contribution in [0.5, 0.6) is 5.75 Å². The standard InChI is InChI=1S/C15H20FN3OS/c1-18-6-4-3-5-10(18)9-19-13-8-14(20-2)11(16)7-12(13)17-15(19)21/h7-8,10H,3-6,9H2,1-2H3,(H,17,21). The largest absolute Gasteiger partial charge is 0.494 e. The zero-order valence-electron chi connectivity index (χ0n) is 12.4. The molecule has 1 atom stereocenters. The molecular weight excluding hydrogens is 289 g/mol. The number of piperidine rings is 1. The van der Waals surface area contributed by atoms with Crippen LogP contribution in [0.2, 0.25) is 0 Å². The molecule has 3 rings (SSSR count). The van der Waals surface area contributed by atoms with Crippen LogP contribution in [0.3, 0.4) is 0 Å². The number of ether oxygens (including phenoxy) is 1. The minimum atomic E-state index is -0.372. The smallest absolute Gasteiger partial charge is 0.178 e. The van der Waals surface area contributed by atoms with Gasteiger partial charge in [-0.2, -0.15) is 0 Å². The molecule has 2 heterocycles. The Hall–Kier alpha value is -1.40. The van der Waals surface area contributed by atoms with Gasteiger partial charge in [-0.1, -0.05) is 6.42 Å². The molecule has 1 saturated heterocycles. The van der Waals surface area contributed by atoms with Crippen molar-refractivity contribution in [3.8, 4) is 5.75 Å². The summed E-state index contributed by atoms with van der Waals surface area (Å²) in [5.41, 5.74) is 1.62. The molecule has 1 aliphatic rings. The van der Waals surface area contributed by atoms with Crippen molar-refractivity contribution in [3.05, 3.63) is 22.7 Å². The molecule has 1 unspecified atom stereocenters. The average molecular weight is 309 g/mol. The third-order valence-electron chi connectivity index (χ3n) is 4.36. The van der Waals surface area contributed by atoms with E-state index in [1.165, 1.54) is 32.4 Å². The van der Waals surface area contributed by atoms with Gasteiger partial charge in [-0.15, -0.1) is 0 Å². The maximum atomic E-state index is 13.8. The second-order valence-electron chi connectivity index (χ2n) is 5.67. The van der Waals surface area contributed by atoms with E-state index < -0.39 is 0 Å². The Balaban J connectivity index is 2.01. The molecule has 0 spiro atoms. The Kier molecular flexibility index (Phi) is 3.99. The van der Waals surface area contributed by atoms with Gasteiger partial charge in [0.1, 0.15) is 0 Å². The van der Waals surface area contributed by atoms with Crippen LogP contribution in [0, 0.1) is 10.6 Å². The van der Waals surface area contributed by atoms with Crippen LogP contribution in [-0.4, -0.2) is 41.2 Å². The summed E-state index contributed by atoms with van der Waals surface area (Å²) in [5, 5.41) is 0. The fraction of sp³-hybridized carbons (Fsp3) is 0.533. The summed E-state index contributed by atoms with van der Waals surface area (Å²) in [6, 6.07) is 3.64. The van der Waals surface area contributed by atoms with Crippen molar-refractivity contribution in [2.45, 2.75) is 31.8 Å². The van der Waals surface area contributed by atoms with Gasteiger partial charge in [-0.05, 0) is 38.7 Å². The van der Waals surface area contributed by atoms with E-state index in [9.17, 15) is 4.39 Å². The zero-order chi connectivity index (χ0) is 15.0. The average Bonchev–Trinajstić information content (AvgIpc) is 2.75. The van der Waals surface area contributed by atoms with Crippen molar-refractivity contribution in [2.75, 3.05) is 20.7 Å². The highest BCUT2D eigenvalue weighted by Gasteiger charge is 2.21. The predicted octanol–water partition coefficient (Wildman–Crippen LogP) is 3.33. The Morgan fingerprint density at radius 2 is 2.24 bits per heavy atom. The first-order chi connectivity index (χ1) is 10.1. The van der Waals surface area contributed by atoms with Crippen LogP contribution in [0.1, 0.15) is 19.3 Å². The molecule has 1 aromatic heterocycles. The van der Waals surface area contributed by atoms with E-state index in [1.54, 1.807) is 6.07 Å². The molecule has 0 radical (unpaired) electrons. The second-order valence-corrected chi connectivity index (χ2v) is 6.06. The van der Waals surface area contributed by atoms with E-state index in [-0.39, 0.29) is 11.6 Å². The summed E-state index contributed by atoms with van der Waals surface area (Å²) in [6.07, 6.45) is 3.68. The number of fused-ring (bicyclic) bond motifs is 1. The van der Waals surface area contributed by atoms with Gasteiger partial charge in [-0.25, -0.2) is 4.39 Å². The third-order valence-corrected chi connectivity index (χ3v) is 4.68. The van der Waals surface area contributed by atoms with E-state index >= 15 is 0 Å². The van der Waals surface area contributed by atoms with E-state index in [1.807, 2.05) is 0 Å². The number of imidazole rings is 1. The number of halogens is 1. The highest BCUT2D eigenvalue weighted by atomic mass is 32.1. The van der Waals surface area contributed by atoms with Gasteiger partial charge in [-0.3, -0.25) is 0 Å². The molecule has 2 aromatic rings. The number of benzene rings is 1. The topological polar surface area (TPSA) is 33.2 Å². The molecular formula is C15H20FN3OS. The predicted molar refractivity (Wildman–Crippen MR) is 83.9 cm³/mol. The molecule has 1 aromatic carbocycles. The number of likely N-dealkylation sites (tertiary alicyclic amines) is 1. The summed E-state index contributed by atoms with van der Waals surface area (Å²) in [7, 11) is 3.63. The maximum absolute atomic E-state index is 13.8. The summed E-state index contributed by atoms with van der Waals surface area (Å²) in [5.74, 6) is -0.120. The molecule has 0 saturated carbocycles. The molecule has 6 heteroatoms. The number of methoxy groups -OCH3 is 1. The van der Waals surface area contributed by atoms with Crippen molar-refractivity contribution in [1.82, 2.24) is 14.5 Å². The van der Waals surface area contributed by atoms with Gasteiger partial charge in [0, 0.05) is 24.7 Å². The first-order valence-corrected chi connectivity index (χ1v) is 7.67. The fourth-order valence-corrected chi connectivity index (χ4v) is 3.36. The number of aromatic amines is 1. The van der Waals surface area contributed by atoms with Crippen LogP contribution >= 0.6 is 12.2 Å². The number of aromatic nitrogens is 2. The maximum Gasteiger partial charge on any atom is 0.178 e. The zero-order valence-corrected chi connectivity index (χ0v) is 13.2. The van der Waals surface area contributed by atoms with E-state index in [0.717, 1.165) is 24.1 Å². The highest BCUT2D eigenvalue weighted by molar-refractivity contribution is 7.71. The van der Waals surface area contributed by atoms with Gasteiger partial charge in [0.15, 0.2) is 16.3 Å². The van der Waals surface area contributed by atoms with Crippen LogP contribution in [0.15, 0.2) is 12.1 Å². The minimum Gasteiger partial charge on any atom is -0.494 e. The molecule has 1 aliphatic heterocycles. The first kappa shape index (κ1) is 14.5. The number of likely N-dealkylation sites (N-methyl/N-ethyl adjacent to an activating group) is 1. The first-order valence-electron chi connectivity index (χ1n) is 7.26. The van der Waals surface area contributed by atoms with Crippen LogP contribution < -0.4 is 4.74 Å². The molecule has 0 aliphatic carbocycles. The van der Waals surface area contributed by atoms with Gasteiger partial charge in [0.2, 0.25) is 0 Å². The number of hydrogen-bond donors (Lipinski definition) is 1. The molecule has 0 bridgehead atoms. The van der Waals surface area contributed by atoms with Crippen LogP contribution in [0.4, 0.5) is 4.39 Å². The summed E-state index contributed by atoms with van der Waals surface area (Å²) < 4.78 is 21.6. The molecule has 114 valence electrons. The Bertz CT molecular complexity index is 709. The monoisotopic (exact) mass is 309 g/mol. The van der Waals surface area contributed by atoms with Crippen molar-refractivity contribution in [3.63, 3.8) is 0 Å². The highest BCUT2D eigenvalue weighted by Crippen LogP contribution is 2.26. The summed E-state index contributed by atoms with van der Waals surface area (Å²) in [4.78, 5) is 5.47. The number of nitrogens with one attached hydrogen (secondary N) is 1. The number of hydrogen-bond acceptors (Lipinski definition) is 3. The SMILES string of the molecule is COc1cc2c(cc1F)[nH]c(=S)n2CC1CCCCN1C. The molecule has 4 nitrogen and oxygen atoms in total. The van der Waals surface area contributed by atoms with E-state index in [2.05, 4.69) is 21.5 Å².